The first-order valence-corrected chi connectivity index (χ1v) is 4.06. The van der Waals surface area contributed by atoms with Crippen LogP contribution < -0.4 is 0 Å². The molecule has 1 aliphatic heterocycles. The largest absolute Gasteiger partial charge is 0.462 e. The van der Waals surface area contributed by atoms with Crippen molar-refractivity contribution in [1.29, 1.82) is 0 Å². The third kappa shape index (κ3) is 0.917. The fourth-order valence-electron chi connectivity index (χ4n) is 1.99. The summed E-state index contributed by atoms with van der Waals surface area (Å²) in [6, 6.07) is 0. The predicted octanol–water partition coefficient (Wildman–Crippen LogP) is 1.49. The lowest BCUT2D eigenvalue weighted by Crippen LogP contribution is -2.19. The van der Waals surface area contributed by atoms with Crippen molar-refractivity contribution in [2.45, 2.75) is 38.2 Å². The predicted molar refractivity (Wildman–Crippen MR) is 36.5 cm³/mol. The number of hydrogen-bond donors (Lipinski definition) is 0. The summed E-state index contributed by atoms with van der Waals surface area (Å²) >= 11 is 0. The first-order valence-electron chi connectivity index (χ1n) is 4.06. The van der Waals surface area contributed by atoms with Crippen LogP contribution in [0.5, 0.6) is 0 Å². The zero-order valence-corrected chi connectivity index (χ0v) is 6.01. The van der Waals surface area contributed by atoms with E-state index in [2.05, 4.69) is 0 Å². The Morgan fingerprint density at radius 1 is 1.30 bits per heavy atom. The molecule has 0 N–H and O–H groups in total. The zero-order chi connectivity index (χ0) is 6.97. The molecule has 0 radical (unpaired) electrons. The topological polar surface area (TPSA) is 26.3 Å². The van der Waals surface area contributed by atoms with Crippen molar-refractivity contribution in [1.82, 2.24) is 0 Å². The second kappa shape index (κ2) is 2.26. The first-order chi connectivity index (χ1) is 4.86. The smallest absolute Gasteiger partial charge is 0.306 e. The second-order valence-electron chi connectivity index (χ2n) is 3.28. The lowest BCUT2D eigenvalue weighted by atomic mass is 9.86. The average Bonchev–Trinajstić information content (AvgIpc) is 2.27. The number of ether oxygens (including phenoxy) is 1. The monoisotopic (exact) mass is 140 g/mol. The van der Waals surface area contributed by atoms with Gasteiger partial charge in [0.25, 0.3) is 0 Å². The molecule has 56 valence electrons. The number of carbonyl (C=O) groups is 1. The Labute approximate surface area is 60.6 Å². The molecule has 1 heterocycles. The van der Waals surface area contributed by atoms with Gasteiger partial charge in [0.15, 0.2) is 0 Å². The molecule has 0 unspecified atom stereocenters. The highest BCUT2D eigenvalue weighted by Crippen LogP contribution is 2.34. The van der Waals surface area contributed by atoms with Crippen LogP contribution in [0.1, 0.15) is 32.1 Å². The van der Waals surface area contributed by atoms with E-state index in [0.29, 0.717) is 18.4 Å². The van der Waals surface area contributed by atoms with E-state index >= 15 is 0 Å². The molecular formula is C8H12O2. The molecule has 2 aliphatic rings. The van der Waals surface area contributed by atoms with E-state index in [1.165, 1.54) is 19.3 Å². The van der Waals surface area contributed by atoms with Gasteiger partial charge < -0.3 is 4.74 Å². The SMILES string of the molecule is O=C1C[C@@H]2CCCC[C@H]2O1. The van der Waals surface area contributed by atoms with Gasteiger partial charge in [0.1, 0.15) is 6.10 Å². The Hall–Kier alpha value is -0.530. The number of esters is 1. The van der Waals surface area contributed by atoms with Gasteiger partial charge in [-0.05, 0) is 19.3 Å². The maximum Gasteiger partial charge on any atom is 0.306 e. The van der Waals surface area contributed by atoms with Gasteiger partial charge in [-0.25, -0.2) is 0 Å². The Morgan fingerprint density at radius 3 is 2.90 bits per heavy atom. The van der Waals surface area contributed by atoms with E-state index < -0.39 is 0 Å². The molecule has 2 rings (SSSR count). The summed E-state index contributed by atoms with van der Waals surface area (Å²) in [6.45, 7) is 0. The van der Waals surface area contributed by atoms with Crippen LogP contribution in [0.3, 0.4) is 0 Å². The van der Waals surface area contributed by atoms with Crippen LogP contribution >= 0.6 is 0 Å². The fourth-order valence-corrected chi connectivity index (χ4v) is 1.99. The number of carbonyl (C=O) groups excluding carboxylic acids is 1. The van der Waals surface area contributed by atoms with Crippen LogP contribution in [0, 0.1) is 5.92 Å². The molecule has 2 nitrogen and oxygen atoms in total. The Morgan fingerprint density at radius 2 is 2.10 bits per heavy atom. The number of fused-ring (bicyclic) bond motifs is 1. The maximum atomic E-state index is 10.8. The average molecular weight is 140 g/mol. The summed E-state index contributed by atoms with van der Waals surface area (Å²) in [5.74, 6) is 0.596. The molecule has 0 aromatic rings. The van der Waals surface area contributed by atoms with Crippen LogP contribution in [0.4, 0.5) is 0 Å². The molecule has 2 heteroatoms. The number of rotatable bonds is 0. The van der Waals surface area contributed by atoms with E-state index in [4.69, 9.17) is 4.74 Å². The van der Waals surface area contributed by atoms with Crippen molar-refractivity contribution in [2.24, 2.45) is 5.92 Å². The van der Waals surface area contributed by atoms with Crippen molar-refractivity contribution in [3.05, 3.63) is 0 Å². The van der Waals surface area contributed by atoms with Crippen LogP contribution in [0.15, 0.2) is 0 Å². The van der Waals surface area contributed by atoms with E-state index in [1.54, 1.807) is 0 Å². The standard InChI is InChI=1S/C8H12O2/c9-8-5-6-3-1-2-4-7(6)10-8/h6-7H,1-5H2/t6-,7+/m0/s1. The van der Waals surface area contributed by atoms with Crippen molar-refractivity contribution < 1.29 is 9.53 Å². The Kier molecular flexibility index (Phi) is 1.40. The molecule has 1 saturated carbocycles. The van der Waals surface area contributed by atoms with Crippen molar-refractivity contribution in [3.63, 3.8) is 0 Å². The maximum absolute atomic E-state index is 10.8. The van der Waals surface area contributed by atoms with Gasteiger partial charge in [-0.3, -0.25) is 4.79 Å². The van der Waals surface area contributed by atoms with Gasteiger partial charge in [-0.1, -0.05) is 6.42 Å². The Balaban J connectivity index is 2.04. The van der Waals surface area contributed by atoms with Gasteiger partial charge in [-0.2, -0.15) is 0 Å². The summed E-state index contributed by atoms with van der Waals surface area (Å²) in [5, 5.41) is 0. The molecule has 1 saturated heterocycles. The van der Waals surface area contributed by atoms with Gasteiger partial charge in [0.2, 0.25) is 0 Å². The highest BCUT2D eigenvalue weighted by molar-refractivity contribution is 5.72. The minimum atomic E-state index is 0.0249. The highest BCUT2D eigenvalue weighted by Gasteiger charge is 2.35. The van der Waals surface area contributed by atoms with Crippen LogP contribution in [0.2, 0.25) is 0 Å². The molecule has 0 amide bonds. The van der Waals surface area contributed by atoms with Gasteiger partial charge in [0.05, 0.1) is 6.42 Å². The zero-order valence-electron chi connectivity index (χ0n) is 6.01. The molecule has 1 aliphatic carbocycles. The molecule has 10 heavy (non-hydrogen) atoms. The third-order valence-electron chi connectivity index (χ3n) is 2.55. The summed E-state index contributed by atoms with van der Waals surface area (Å²) in [4.78, 5) is 10.8. The van der Waals surface area contributed by atoms with Crippen LogP contribution in [-0.2, 0) is 9.53 Å². The van der Waals surface area contributed by atoms with Crippen molar-refractivity contribution >= 4 is 5.97 Å². The summed E-state index contributed by atoms with van der Waals surface area (Å²) in [5.41, 5.74) is 0. The molecule has 2 fully saturated rings. The van der Waals surface area contributed by atoms with E-state index in [9.17, 15) is 4.79 Å². The quantitative estimate of drug-likeness (QED) is 0.476. The minimum absolute atomic E-state index is 0.0249. The molecule has 0 aromatic carbocycles. The normalized spacial score (nSPS) is 39.0. The minimum Gasteiger partial charge on any atom is -0.462 e. The van der Waals surface area contributed by atoms with E-state index in [-0.39, 0.29) is 5.97 Å². The summed E-state index contributed by atoms with van der Waals surface area (Å²) in [6.07, 6.45) is 5.82. The van der Waals surface area contributed by atoms with Gasteiger partial charge in [0, 0.05) is 5.92 Å². The van der Waals surface area contributed by atoms with Gasteiger partial charge >= 0.3 is 5.97 Å². The molecular weight excluding hydrogens is 128 g/mol. The van der Waals surface area contributed by atoms with Crippen LogP contribution in [0.25, 0.3) is 0 Å². The van der Waals surface area contributed by atoms with Gasteiger partial charge in [-0.15, -0.1) is 0 Å². The molecule has 0 bridgehead atoms. The second-order valence-corrected chi connectivity index (χ2v) is 3.28. The number of hydrogen-bond acceptors (Lipinski definition) is 2. The lowest BCUT2D eigenvalue weighted by molar-refractivity contribution is -0.141. The Bertz CT molecular complexity index is 137. The third-order valence-corrected chi connectivity index (χ3v) is 2.55. The molecule has 0 spiro atoms. The molecule has 2 atom stereocenters. The summed E-state index contributed by atoms with van der Waals surface area (Å²) in [7, 11) is 0. The highest BCUT2D eigenvalue weighted by atomic mass is 16.5. The summed E-state index contributed by atoms with van der Waals surface area (Å²) < 4.78 is 5.13. The van der Waals surface area contributed by atoms with Crippen molar-refractivity contribution in [3.8, 4) is 0 Å². The lowest BCUT2D eigenvalue weighted by Gasteiger charge is -2.21. The van der Waals surface area contributed by atoms with E-state index in [0.717, 1.165) is 6.42 Å². The van der Waals surface area contributed by atoms with Crippen LogP contribution in [-0.4, -0.2) is 12.1 Å². The van der Waals surface area contributed by atoms with E-state index in [1.807, 2.05) is 0 Å². The fraction of sp³-hybridized carbons (Fsp3) is 0.875. The first kappa shape index (κ1) is 6.20. The molecule has 0 aromatic heterocycles. The van der Waals surface area contributed by atoms with Crippen molar-refractivity contribution in [2.75, 3.05) is 0 Å².